The highest BCUT2D eigenvalue weighted by Crippen LogP contribution is 2.68. The van der Waals surface area contributed by atoms with Gasteiger partial charge in [-0.1, -0.05) is 45.7 Å². The molecule has 0 bridgehead atoms. The molecule has 0 saturated heterocycles. The van der Waals surface area contributed by atoms with E-state index in [-0.39, 0.29) is 29.3 Å². The van der Waals surface area contributed by atoms with E-state index in [0.717, 1.165) is 57.1 Å². The number of hydrogen-bond acceptors (Lipinski definition) is 4. The summed E-state index contributed by atoms with van der Waals surface area (Å²) in [6.07, 6.45) is 8.74. The van der Waals surface area contributed by atoms with E-state index in [4.69, 9.17) is 9.47 Å². The molecule has 0 aliphatic heterocycles. The van der Waals surface area contributed by atoms with Crippen LogP contribution in [-0.4, -0.2) is 25.0 Å². The van der Waals surface area contributed by atoms with Gasteiger partial charge in [0.05, 0.1) is 12.5 Å². The summed E-state index contributed by atoms with van der Waals surface area (Å²) in [7, 11) is 1.69. The largest absolute Gasteiger partial charge is 0.497 e. The van der Waals surface area contributed by atoms with Crippen molar-refractivity contribution in [2.45, 2.75) is 90.1 Å². The van der Waals surface area contributed by atoms with Gasteiger partial charge in [0.2, 0.25) is 0 Å². The highest BCUT2D eigenvalue weighted by Gasteiger charge is 2.70. The van der Waals surface area contributed by atoms with Crippen molar-refractivity contribution >= 4 is 11.8 Å². The smallest absolute Gasteiger partial charge is 0.313 e. The van der Waals surface area contributed by atoms with Gasteiger partial charge in [-0.2, -0.15) is 0 Å². The number of carbonyl (C=O) groups excluding carboxylic acids is 2. The molecule has 5 rings (SSSR count). The van der Waals surface area contributed by atoms with Crippen LogP contribution in [0.4, 0.5) is 0 Å². The van der Waals surface area contributed by atoms with Crippen LogP contribution in [0.15, 0.2) is 24.3 Å². The zero-order chi connectivity index (χ0) is 23.4. The zero-order valence-electron chi connectivity index (χ0n) is 20.8. The Morgan fingerprint density at radius 3 is 2.55 bits per heavy atom. The first-order valence-electron chi connectivity index (χ1n) is 13.2. The molecule has 0 radical (unpaired) electrons. The van der Waals surface area contributed by atoms with Crippen LogP contribution < -0.4 is 4.74 Å². The predicted molar refractivity (Wildman–Crippen MR) is 128 cm³/mol. The van der Waals surface area contributed by atoms with Crippen molar-refractivity contribution in [3.8, 4) is 5.75 Å². The molecular weight excluding hydrogens is 412 g/mol. The maximum absolute atomic E-state index is 13.9. The highest BCUT2D eigenvalue weighted by atomic mass is 16.5. The summed E-state index contributed by atoms with van der Waals surface area (Å²) in [4.78, 5) is 26.8. The van der Waals surface area contributed by atoms with E-state index in [2.05, 4.69) is 32.9 Å². The molecule has 0 aromatic heterocycles. The van der Waals surface area contributed by atoms with Gasteiger partial charge < -0.3 is 9.47 Å². The molecule has 4 saturated carbocycles. The average Bonchev–Trinajstić information content (AvgIpc) is 3.21. The average molecular weight is 453 g/mol. The predicted octanol–water partition coefficient (Wildman–Crippen LogP) is 6.11. The van der Waals surface area contributed by atoms with Crippen LogP contribution in [0, 0.1) is 35.0 Å². The molecule has 4 aliphatic rings. The molecule has 0 N–H and O–H groups in total. The Morgan fingerprint density at radius 2 is 1.82 bits per heavy atom. The van der Waals surface area contributed by atoms with Gasteiger partial charge in [0, 0.05) is 18.3 Å². The minimum absolute atomic E-state index is 0.0432. The standard InChI is InChI=1S/C29H40O4/c1-18-10-15-23(28(2,3)19-11-13-20(32-4)14-12-19)25(17-18)33-27(31)29-16-6-9-24(30)26(29)21-7-5-8-22(21)29/h11-14,18,21-23,25-26H,5-10,15-17H2,1-4H3/t18-,21+,22-,23-,25-,26+,29-/m1/s1. The lowest BCUT2D eigenvalue weighted by Crippen LogP contribution is -2.64. The fourth-order valence-corrected chi connectivity index (χ4v) is 8.25. The lowest BCUT2D eigenvalue weighted by molar-refractivity contribution is -0.207. The van der Waals surface area contributed by atoms with Crippen molar-refractivity contribution < 1.29 is 19.1 Å². The van der Waals surface area contributed by atoms with E-state index < -0.39 is 5.41 Å². The third-order valence-corrected chi connectivity index (χ3v) is 10.0. The van der Waals surface area contributed by atoms with Crippen molar-refractivity contribution in [2.24, 2.45) is 35.0 Å². The molecule has 0 amide bonds. The molecule has 4 fully saturated rings. The third-order valence-electron chi connectivity index (χ3n) is 10.0. The van der Waals surface area contributed by atoms with Gasteiger partial charge in [0.25, 0.3) is 0 Å². The number of carbonyl (C=O) groups is 2. The molecule has 1 aromatic rings. The normalized spacial score (nSPS) is 38.1. The van der Waals surface area contributed by atoms with Gasteiger partial charge in [0.15, 0.2) is 0 Å². The van der Waals surface area contributed by atoms with Gasteiger partial charge in [-0.3, -0.25) is 9.59 Å². The second kappa shape index (κ2) is 8.43. The lowest BCUT2D eigenvalue weighted by Gasteiger charge is -2.59. The van der Waals surface area contributed by atoms with E-state index in [1.807, 2.05) is 12.1 Å². The van der Waals surface area contributed by atoms with Crippen LogP contribution in [-0.2, 0) is 19.7 Å². The van der Waals surface area contributed by atoms with Crippen LogP contribution in [0.3, 0.4) is 0 Å². The molecule has 0 unspecified atom stereocenters. The van der Waals surface area contributed by atoms with Crippen molar-refractivity contribution in [3.63, 3.8) is 0 Å². The van der Waals surface area contributed by atoms with Gasteiger partial charge in [0.1, 0.15) is 17.6 Å². The Balaban J connectivity index is 1.40. The summed E-state index contributed by atoms with van der Waals surface area (Å²) < 4.78 is 11.9. The first kappa shape index (κ1) is 22.9. The number of Topliss-reactive ketones (excluding diaryl/α,β-unsaturated/α-hetero) is 1. The molecule has 7 atom stereocenters. The fourth-order valence-electron chi connectivity index (χ4n) is 8.25. The van der Waals surface area contributed by atoms with Crippen LogP contribution in [0.1, 0.15) is 84.1 Å². The molecule has 4 nitrogen and oxygen atoms in total. The van der Waals surface area contributed by atoms with Gasteiger partial charge in [-0.25, -0.2) is 0 Å². The number of ketones is 1. The van der Waals surface area contributed by atoms with E-state index in [9.17, 15) is 9.59 Å². The van der Waals surface area contributed by atoms with Crippen LogP contribution in [0.25, 0.3) is 0 Å². The summed E-state index contributed by atoms with van der Waals surface area (Å²) in [5, 5.41) is 0. The monoisotopic (exact) mass is 452 g/mol. The highest BCUT2D eigenvalue weighted by molar-refractivity contribution is 5.93. The second-order valence-corrected chi connectivity index (χ2v) is 12.0. The number of rotatable bonds is 5. The number of methoxy groups -OCH3 is 1. The quantitative estimate of drug-likeness (QED) is 0.506. The maximum Gasteiger partial charge on any atom is 0.313 e. The van der Waals surface area contributed by atoms with Crippen molar-refractivity contribution in [1.82, 2.24) is 0 Å². The molecule has 180 valence electrons. The molecule has 0 spiro atoms. The molecule has 4 heteroatoms. The summed E-state index contributed by atoms with van der Waals surface area (Å²) in [5.74, 6) is 2.69. The van der Waals surface area contributed by atoms with E-state index in [1.165, 1.54) is 5.56 Å². The molecule has 33 heavy (non-hydrogen) atoms. The maximum atomic E-state index is 13.9. The molecule has 0 heterocycles. The molecular formula is C29H40O4. The Hall–Kier alpha value is -1.84. The topological polar surface area (TPSA) is 52.6 Å². The summed E-state index contributed by atoms with van der Waals surface area (Å²) in [6.45, 7) is 6.86. The van der Waals surface area contributed by atoms with E-state index in [1.54, 1.807) is 7.11 Å². The number of ether oxygens (including phenoxy) is 2. The van der Waals surface area contributed by atoms with Crippen molar-refractivity contribution in [1.29, 1.82) is 0 Å². The Labute approximate surface area is 198 Å². The number of esters is 1. The van der Waals surface area contributed by atoms with Crippen LogP contribution >= 0.6 is 0 Å². The first-order chi connectivity index (χ1) is 15.8. The van der Waals surface area contributed by atoms with E-state index in [0.29, 0.717) is 30.0 Å². The summed E-state index contributed by atoms with van der Waals surface area (Å²) in [5.41, 5.74) is 0.616. The van der Waals surface area contributed by atoms with Crippen LogP contribution in [0.2, 0.25) is 0 Å². The van der Waals surface area contributed by atoms with Gasteiger partial charge in [-0.15, -0.1) is 0 Å². The number of hydrogen-bond donors (Lipinski definition) is 0. The first-order valence-corrected chi connectivity index (χ1v) is 13.2. The van der Waals surface area contributed by atoms with Gasteiger partial charge in [-0.05, 0) is 79.4 Å². The van der Waals surface area contributed by atoms with Crippen LogP contribution in [0.5, 0.6) is 5.75 Å². The Kier molecular flexibility index (Phi) is 5.86. The summed E-state index contributed by atoms with van der Waals surface area (Å²) >= 11 is 0. The van der Waals surface area contributed by atoms with Crippen molar-refractivity contribution in [3.05, 3.63) is 29.8 Å². The van der Waals surface area contributed by atoms with E-state index >= 15 is 0 Å². The fraction of sp³-hybridized carbons (Fsp3) is 0.724. The third kappa shape index (κ3) is 3.54. The lowest BCUT2D eigenvalue weighted by atomic mass is 9.43. The Morgan fingerprint density at radius 1 is 1.06 bits per heavy atom. The second-order valence-electron chi connectivity index (χ2n) is 12.0. The molecule has 1 aromatic carbocycles. The number of benzene rings is 1. The number of fused-ring (bicyclic) bond motifs is 4. The zero-order valence-corrected chi connectivity index (χ0v) is 20.8. The SMILES string of the molecule is COc1ccc(C(C)(C)[C@@H]2CC[C@@H](C)C[C@H]2OC(=O)[C@@]23CCCC(=O)[C@@H]2[C@H]2CCC[C@H]23)cc1. The minimum atomic E-state index is -0.522. The van der Waals surface area contributed by atoms with Gasteiger partial charge >= 0.3 is 5.97 Å². The van der Waals surface area contributed by atoms with Crippen molar-refractivity contribution in [2.75, 3.05) is 7.11 Å². The molecule has 4 aliphatic carbocycles. The Bertz CT molecular complexity index is 903. The summed E-state index contributed by atoms with van der Waals surface area (Å²) in [6, 6.07) is 8.35. The minimum Gasteiger partial charge on any atom is -0.497 e.